The highest BCUT2D eigenvalue weighted by atomic mass is 16.5. The fourth-order valence-electron chi connectivity index (χ4n) is 2.36. The second-order valence-corrected chi connectivity index (χ2v) is 3.75. The molecule has 0 N–H and O–H groups in total. The fourth-order valence-corrected chi connectivity index (χ4v) is 2.36. The summed E-state index contributed by atoms with van der Waals surface area (Å²) in [4.78, 5) is 2.48. The van der Waals surface area contributed by atoms with Crippen molar-refractivity contribution in [3.63, 3.8) is 0 Å². The highest BCUT2D eigenvalue weighted by molar-refractivity contribution is 5.59. The Balaban J connectivity index is 2.01. The first-order chi connectivity index (χ1) is 6.45. The lowest BCUT2D eigenvalue weighted by atomic mass is 10.1. The number of fused-ring (bicyclic) bond motifs is 3. The average Bonchev–Trinajstić information content (AvgIpc) is 2.56. The largest absolute Gasteiger partial charge is 0.377 e. The van der Waals surface area contributed by atoms with Gasteiger partial charge in [-0.1, -0.05) is 18.2 Å². The van der Waals surface area contributed by atoms with E-state index < -0.39 is 0 Å². The molecule has 0 saturated carbocycles. The van der Waals surface area contributed by atoms with Crippen molar-refractivity contribution < 1.29 is 4.74 Å². The Bertz CT molecular complexity index is 324. The van der Waals surface area contributed by atoms with E-state index in [0.29, 0.717) is 6.04 Å². The van der Waals surface area contributed by atoms with Crippen molar-refractivity contribution in [3.8, 4) is 0 Å². The van der Waals surface area contributed by atoms with Crippen molar-refractivity contribution in [3.05, 3.63) is 29.8 Å². The molecule has 2 heterocycles. The lowest BCUT2D eigenvalue weighted by molar-refractivity contribution is 0.0976. The molecule has 1 aromatic carbocycles. The summed E-state index contributed by atoms with van der Waals surface area (Å²) in [7, 11) is 0. The Morgan fingerprint density at radius 2 is 2.23 bits per heavy atom. The van der Waals surface area contributed by atoms with Crippen molar-refractivity contribution >= 4 is 5.69 Å². The molecule has 2 nitrogen and oxygen atoms in total. The van der Waals surface area contributed by atoms with Gasteiger partial charge in [0.2, 0.25) is 0 Å². The molecule has 0 aliphatic carbocycles. The van der Waals surface area contributed by atoms with E-state index in [0.717, 1.165) is 26.2 Å². The molecule has 2 heteroatoms. The Morgan fingerprint density at radius 3 is 3.23 bits per heavy atom. The Morgan fingerprint density at radius 1 is 1.31 bits per heavy atom. The van der Waals surface area contributed by atoms with E-state index in [2.05, 4.69) is 29.2 Å². The number of hydrogen-bond donors (Lipinski definition) is 0. The zero-order valence-corrected chi connectivity index (χ0v) is 7.57. The zero-order chi connectivity index (χ0) is 8.67. The smallest absolute Gasteiger partial charge is 0.0674 e. The van der Waals surface area contributed by atoms with Gasteiger partial charge in [-0.2, -0.15) is 0 Å². The Kier molecular flexibility index (Phi) is 1.56. The van der Waals surface area contributed by atoms with E-state index in [-0.39, 0.29) is 0 Å². The molecule has 2 aliphatic heterocycles. The van der Waals surface area contributed by atoms with Crippen LogP contribution in [0.15, 0.2) is 24.3 Å². The monoisotopic (exact) mass is 175 g/mol. The molecular weight excluding hydrogens is 162 g/mol. The standard InChI is InChI=1S/C11H13NO/c1-2-4-11-9(3-1)7-10-8-13-6-5-12(10)11/h1-4,10H,5-8H2/t10-/m0/s1. The van der Waals surface area contributed by atoms with Gasteiger partial charge in [-0.05, 0) is 18.1 Å². The van der Waals surface area contributed by atoms with Crippen LogP contribution in [0.2, 0.25) is 0 Å². The van der Waals surface area contributed by atoms with Gasteiger partial charge in [-0.25, -0.2) is 0 Å². The topological polar surface area (TPSA) is 12.5 Å². The molecule has 1 atom stereocenters. The third-order valence-corrected chi connectivity index (χ3v) is 2.98. The van der Waals surface area contributed by atoms with Gasteiger partial charge in [-0.15, -0.1) is 0 Å². The lowest BCUT2D eigenvalue weighted by Crippen LogP contribution is -2.43. The molecule has 2 aliphatic rings. The number of ether oxygens (including phenoxy) is 1. The van der Waals surface area contributed by atoms with Gasteiger partial charge in [0.25, 0.3) is 0 Å². The van der Waals surface area contributed by atoms with Crippen LogP contribution in [0.1, 0.15) is 5.56 Å². The first-order valence-corrected chi connectivity index (χ1v) is 4.87. The Labute approximate surface area is 78.1 Å². The summed E-state index contributed by atoms with van der Waals surface area (Å²) in [5, 5.41) is 0. The fraction of sp³-hybridized carbons (Fsp3) is 0.455. The average molecular weight is 175 g/mol. The summed E-state index contributed by atoms with van der Waals surface area (Å²) < 4.78 is 5.47. The van der Waals surface area contributed by atoms with Crippen LogP contribution in [0.4, 0.5) is 5.69 Å². The molecule has 1 aromatic rings. The molecule has 0 amide bonds. The zero-order valence-electron chi connectivity index (χ0n) is 7.57. The van der Waals surface area contributed by atoms with Gasteiger partial charge >= 0.3 is 0 Å². The summed E-state index contributed by atoms with van der Waals surface area (Å²) in [6, 6.07) is 9.30. The van der Waals surface area contributed by atoms with E-state index in [9.17, 15) is 0 Å². The van der Waals surface area contributed by atoms with E-state index in [4.69, 9.17) is 4.74 Å². The minimum atomic E-state index is 0.603. The molecule has 1 fully saturated rings. The van der Waals surface area contributed by atoms with Crippen LogP contribution in [0.25, 0.3) is 0 Å². The van der Waals surface area contributed by atoms with E-state index in [1.165, 1.54) is 11.3 Å². The number of morpholine rings is 1. The summed E-state index contributed by atoms with van der Waals surface area (Å²) in [6.45, 7) is 2.83. The molecule has 1 saturated heterocycles. The van der Waals surface area contributed by atoms with Gasteiger partial charge in [0.15, 0.2) is 0 Å². The van der Waals surface area contributed by atoms with Gasteiger partial charge < -0.3 is 9.64 Å². The van der Waals surface area contributed by atoms with Gasteiger partial charge in [0, 0.05) is 12.2 Å². The third kappa shape index (κ3) is 1.05. The normalized spacial score (nSPS) is 25.5. The summed E-state index contributed by atoms with van der Waals surface area (Å²) in [5.74, 6) is 0. The summed E-state index contributed by atoms with van der Waals surface area (Å²) in [6.07, 6.45) is 1.16. The number of hydrogen-bond acceptors (Lipinski definition) is 2. The maximum Gasteiger partial charge on any atom is 0.0674 e. The maximum atomic E-state index is 5.47. The number of anilines is 1. The SMILES string of the molecule is c1ccc2c(c1)C[C@H]1COCCN21. The van der Waals surface area contributed by atoms with E-state index in [1.54, 1.807) is 0 Å². The predicted octanol–water partition coefficient (Wildman–Crippen LogP) is 1.45. The summed E-state index contributed by atoms with van der Waals surface area (Å²) in [5.41, 5.74) is 2.91. The van der Waals surface area contributed by atoms with Crippen LogP contribution in [-0.4, -0.2) is 25.8 Å². The quantitative estimate of drug-likeness (QED) is 0.591. The van der Waals surface area contributed by atoms with Crippen LogP contribution >= 0.6 is 0 Å². The first kappa shape index (κ1) is 7.39. The molecule has 0 unspecified atom stereocenters. The lowest BCUT2D eigenvalue weighted by Gasteiger charge is -2.31. The van der Waals surface area contributed by atoms with E-state index >= 15 is 0 Å². The number of para-hydroxylation sites is 1. The first-order valence-electron chi connectivity index (χ1n) is 4.87. The molecule has 0 spiro atoms. The maximum absolute atomic E-state index is 5.47. The predicted molar refractivity (Wildman–Crippen MR) is 52.1 cm³/mol. The molecule has 13 heavy (non-hydrogen) atoms. The van der Waals surface area contributed by atoms with Crippen molar-refractivity contribution in [1.29, 1.82) is 0 Å². The van der Waals surface area contributed by atoms with Crippen molar-refractivity contribution in [1.82, 2.24) is 0 Å². The van der Waals surface area contributed by atoms with Crippen molar-refractivity contribution in [2.24, 2.45) is 0 Å². The minimum absolute atomic E-state index is 0.603. The highest BCUT2D eigenvalue weighted by Gasteiger charge is 2.30. The second-order valence-electron chi connectivity index (χ2n) is 3.75. The van der Waals surface area contributed by atoms with Crippen LogP contribution in [0.3, 0.4) is 0 Å². The van der Waals surface area contributed by atoms with Crippen LogP contribution < -0.4 is 4.90 Å². The van der Waals surface area contributed by atoms with Gasteiger partial charge in [0.1, 0.15) is 0 Å². The van der Waals surface area contributed by atoms with Gasteiger partial charge in [0.05, 0.1) is 19.3 Å². The van der Waals surface area contributed by atoms with Crippen molar-refractivity contribution in [2.45, 2.75) is 12.5 Å². The van der Waals surface area contributed by atoms with Gasteiger partial charge in [-0.3, -0.25) is 0 Å². The molecule has 0 bridgehead atoms. The summed E-state index contributed by atoms with van der Waals surface area (Å²) >= 11 is 0. The molecule has 0 radical (unpaired) electrons. The molecule has 3 rings (SSSR count). The number of nitrogens with zero attached hydrogens (tertiary/aromatic N) is 1. The van der Waals surface area contributed by atoms with Crippen molar-refractivity contribution in [2.75, 3.05) is 24.7 Å². The van der Waals surface area contributed by atoms with Crippen LogP contribution in [-0.2, 0) is 11.2 Å². The second kappa shape index (κ2) is 2.74. The van der Waals surface area contributed by atoms with E-state index in [1.807, 2.05) is 0 Å². The number of benzene rings is 1. The third-order valence-electron chi connectivity index (χ3n) is 2.98. The molecule has 68 valence electrons. The van der Waals surface area contributed by atoms with Crippen LogP contribution in [0.5, 0.6) is 0 Å². The highest BCUT2D eigenvalue weighted by Crippen LogP contribution is 2.32. The minimum Gasteiger partial charge on any atom is -0.377 e. The van der Waals surface area contributed by atoms with Crippen LogP contribution in [0, 0.1) is 0 Å². The Hall–Kier alpha value is -1.02. The number of rotatable bonds is 0. The molecular formula is C11H13NO. The molecule has 0 aromatic heterocycles.